The van der Waals surface area contributed by atoms with Gasteiger partial charge in [0.25, 0.3) is 0 Å². The summed E-state index contributed by atoms with van der Waals surface area (Å²) in [6.07, 6.45) is 6.35. The van der Waals surface area contributed by atoms with Crippen LogP contribution in [0.3, 0.4) is 0 Å². The SMILES string of the molecule is Br.CC.CC.CC.CC.CC(N)COCCOCC(C)OCC(C)N.CCOC(=O)CCC(=O)OCC.CN(CCCN)CCCN.CNC(C)COCCOCC(C)OCC(C)NC(=O)C(C)C(C)=O.CNC(C)COCCOCC(C)OCC(C)NC(=O)C(C)C(C)=O.CNCCCN(C)CCCNC(=O)C(C)C(C)=O.CNCCC[N+](C)(CCCNC(=O)C(C)C(C)=O)Cc1ccccc1.[2H][B][3H]. The van der Waals surface area contributed by atoms with Crippen molar-refractivity contribution in [2.24, 2.45) is 46.6 Å². The Balaban J connectivity index is -0.000000137. The number of nitrogens with one attached hydrogen (secondary N) is 8. The first kappa shape index (κ1) is 154. The molecule has 14 unspecified atom stereocenters. The molecule has 0 fully saturated rings. The van der Waals surface area contributed by atoms with Gasteiger partial charge in [-0.3, -0.25) is 47.9 Å². The molecule has 0 spiro atoms. The maximum atomic E-state index is 11.9. The molecule has 829 valence electrons. The minimum Gasteiger partial charge on any atom is -0.466 e. The van der Waals surface area contributed by atoms with Crippen LogP contribution in [0.15, 0.2) is 30.3 Å². The summed E-state index contributed by atoms with van der Waals surface area (Å²) in [7, 11) is 14.7. The van der Waals surface area contributed by atoms with E-state index in [1.807, 2.05) is 152 Å². The van der Waals surface area contributed by atoms with Crippen LogP contribution in [0.25, 0.3) is 0 Å². The fourth-order valence-electron chi connectivity index (χ4n) is 10.3. The number of hydrogen-bond donors (Lipinski definition) is 12. The number of ether oxygens (including phenoxy) is 11. The van der Waals surface area contributed by atoms with Crippen LogP contribution in [-0.4, -0.2) is 379 Å². The van der Waals surface area contributed by atoms with Crippen molar-refractivity contribution in [1.82, 2.24) is 52.3 Å². The maximum Gasteiger partial charge on any atom is 0.306 e. The van der Waals surface area contributed by atoms with Crippen LogP contribution in [0.2, 0.25) is 0 Å². The molecular weight excluding hydrogens is 1850 g/mol. The fourth-order valence-corrected chi connectivity index (χ4v) is 10.3. The lowest BCUT2D eigenvalue weighted by molar-refractivity contribution is -0.922. The second-order valence-corrected chi connectivity index (χ2v) is 33.3. The summed E-state index contributed by atoms with van der Waals surface area (Å²) in [6.45, 7) is 69.8. The molecule has 1 aromatic rings. The van der Waals surface area contributed by atoms with Crippen LogP contribution in [0, 0.1) is 23.7 Å². The molecule has 0 saturated heterocycles. The molecular formula is C101H215BBrN15O21+. The number of ketones is 4. The Bertz CT molecular complexity index is 2850. The molecule has 4 amide bonds. The topological polar surface area (TPSA) is 479 Å². The van der Waals surface area contributed by atoms with Crippen LogP contribution in [0.1, 0.15) is 244 Å². The molecule has 0 aliphatic heterocycles. The van der Waals surface area contributed by atoms with Crippen molar-refractivity contribution in [3.05, 3.63) is 35.9 Å². The smallest absolute Gasteiger partial charge is 0.306 e. The van der Waals surface area contributed by atoms with E-state index in [1.54, 1.807) is 41.5 Å². The largest absolute Gasteiger partial charge is 0.466 e. The van der Waals surface area contributed by atoms with E-state index in [0.717, 1.165) is 115 Å². The third kappa shape index (κ3) is 118. The Kier molecular flexibility index (Phi) is 128. The van der Waals surface area contributed by atoms with Crippen molar-refractivity contribution in [3.63, 3.8) is 0 Å². The van der Waals surface area contributed by atoms with Gasteiger partial charge < -0.3 is 132 Å². The summed E-state index contributed by atoms with van der Waals surface area (Å²) in [6, 6.07) is 11.0. The van der Waals surface area contributed by atoms with Gasteiger partial charge in [0, 0.05) is 74.3 Å². The zero-order valence-corrected chi connectivity index (χ0v) is 95.7. The van der Waals surface area contributed by atoms with E-state index in [4.69, 9.17) is 68.2 Å². The average Bonchev–Trinajstić information content (AvgIpc) is 0.862. The third-order valence-corrected chi connectivity index (χ3v) is 19.3. The lowest BCUT2D eigenvalue weighted by Gasteiger charge is -2.35. The molecule has 0 saturated carbocycles. The summed E-state index contributed by atoms with van der Waals surface area (Å²) in [5.74, 6) is -4.38. The highest BCUT2D eigenvalue weighted by atomic mass is 79.9. The molecule has 0 aliphatic carbocycles. The molecule has 0 heterocycles. The van der Waals surface area contributed by atoms with Gasteiger partial charge in [-0.25, -0.2) is 0 Å². The number of halogens is 1. The predicted molar refractivity (Wildman–Crippen MR) is 578 cm³/mol. The average molecular weight is 2070 g/mol. The standard InChI is InChI=1S/C20H33N3O2.2C17H34N2O5.C13H27N3O2.C11H26N2O3.C8H14O4.C7H19N3.4C2H6.BH2.BrH/c1-17(18(2)24)20(25)22-13-9-15-23(4,14-8-12-21-3)16-19-10-6-5-7-11-19;2*1-12(18-6)9-22-7-8-23-11-14(3)24-10-13(2)19-17(21)15(4)16(5)20;1-11(12(2)17)13(18)15-8-6-10-16(4)9-5-7-14-3;1-9(12)6-14-4-5-15-8-11(3)16-7-10(2)13;1-3-11-7(9)5-6-8(10)12-4-2;1-10(6-2-4-8)7-3-5-9;4*1-2;;/h5-7,10-11,17,21H,8-9,12-16H2,1-4H3;2*12-15,18H,7-11H2,1-6H3,(H,19,21);11,14H,5-10H2,1-4H3,(H,15,18);9-11H,4-8,12-13H2,1-3H3;3-6H2,1-2H3;2-9H2,1H3;4*1-2H3;1H2;1H/p+1/i;;;;;;;;;;;1TD;. The molecule has 0 aromatic heterocycles. The molecule has 1 radical (unpaired) electrons. The molecule has 36 nitrogen and oxygen atoms in total. The first-order chi connectivity index (χ1) is 66.4. The lowest BCUT2D eigenvalue weighted by Crippen LogP contribution is -2.46. The molecule has 0 bridgehead atoms. The Morgan fingerprint density at radius 1 is 0.417 bits per heavy atom. The van der Waals surface area contributed by atoms with Gasteiger partial charge in [0.15, 0.2) is 0 Å². The third-order valence-electron chi connectivity index (χ3n) is 19.3. The van der Waals surface area contributed by atoms with Crippen LogP contribution < -0.4 is 65.5 Å². The highest BCUT2D eigenvalue weighted by Crippen LogP contribution is 2.15. The Hall–Kier alpha value is -5.54. The second kappa shape index (κ2) is 116. The number of Topliss-reactive ketones (excluding diaryl/α,β-unsaturated/α-hetero) is 4. The zero-order chi connectivity index (χ0) is 110. The lowest BCUT2D eigenvalue weighted by atomic mass is 10.1. The number of esters is 2. The molecule has 1 rings (SSSR count). The number of carbonyl (C=O) groups is 10. The van der Waals surface area contributed by atoms with Gasteiger partial charge in [0.1, 0.15) is 29.7 Å². The van der Waals surface area contributed by atoms with E-state index < -0.39 is 23.7 Å². The maximum absolute atomic E-state index is 11.9. The molecule has 16 N–H and O–H groups in total. The van der Waals surface area contributed by atoms with Crippen molar-refractivity contribution in [2.75, 3.05) is 240 Å². The van der Waals surface area contributed by atoms with Gasteiger partial charge in [-0.05, 0) is 248 Å². The van der Waals surface area contributed by atoms with Gasteiger partial charge in [0.2, 0.25) is 23.6 Å². The number of nitrogens with zero attached hydrogens (tertiary/aromatic N) is 3. The molecule has 1 aromatic carbocycles. The van der Waals surface area contributed by atoms with Gasteiger partial charge >= 0.3 is 11.9 Å². The number of nitrogens with two attached hydrogens (primary N) is 4. The van der Waals surface area contributed by atoms with Gasteiger partial charge in [-0.2, -0.15) is 0 Å². The molecule has 38 heteroatoms. The Morgan fingerprint density at radius 3 is 1.00 bits per heavy atom. The summed E-state index contributed by atoms with van der Waals surface area (Å²) in [5, 5.41) is 23.7. The van der Waals surface area contributed by atoms with Gasteiger partial charge in [-0.15, -0.1) is 17.0 Å². The van der Waals surface area contributed by atoms with Crippen molar-refractivity contribution >= 4 is 84.0 Å². The minimum atomic E-state index is -0.626. The van der Waals surface area contributed by atoms with Crippen molar-refractivity contribution in [1.29, 1.82) is 2.67 Å². The summed E-state index contributed by atoms with van der Waals surface area (Å²) in [4.78, 5) is 117. The number of likely N-dealkylation sites (N-methyl/N-ethyl adjacent to an activating group) is 2. The number of carbonyl (C=O) groups excluding carboxylic acids is 10. The molecule has 14 atom stereocenters. The number of rotatable bonds is 71. The second-order valence-electron chi connectivity index (χ2n) is 33.3. The number of quaternary nitrogens is 1. The van der Waals surface area contributed by atoms with Crippen LogP contribution in [-0.2, 0) is 107 Å². The summed E-state index contributed by atoms with van der Waals surface area (Å²) in [5.41, 5.74) is 23.1. The first-order valence-electron chi connectivity index (χ1n) is 51.7. The summed E-state index contributed by atoms with van der Waals surface area (Å²) >= 11 is 0. The monoisotopic (exact) mass is 2070 g/mol. The fraction of sp³-hybridized carbons (Fsp3) is 0.842. The highest BCUT2D eigenvalue weighted by Gasteiger charge is 2.25. The Labute approximate surface area is 861 Å². The quantitative estimate of drug-likeness (QED) is 0.00961. The minimum absolute atomic E-state index is 0. The number of amides is 4. The van der Waals surface area contributed by atoms with Gasteiger partial charge in [-0.1, -0.05) is 85.7 Å². The van der Waals surface area contributed by atoms with Crippen LogP contribution in [0.4, 0.5) is 0 Å². The van der Waals surface area contributed by atoms with Crippen LogP contribution >= 0.6 is 17.0 Å². The number of hydrogen-bond acceptors (Lipinski definition) is 31. The Morgan fingerprint density at radius 2 is 0.698 bits per heavy atom. The first-order valence-corrected chi connectivity index (χ1v) is 50.5. The van der Waals surface area contributed by atoms with E-state index in [0.29, 0.717) is 146 Å². The van der Waals surface area contributed by atoms with Crippen molar-refractivity contribution < 1.29 is 105 Å². The van der Waals surface area contributed by atoms with E-state index in [9.17, 15) is 47.9 Å². The van der Waals surface area contributed by atoms with E-state index in [-0.39, 0.29) is 131 Å². The van der Waals surface area contributed by atoms with Gasteiger partial charge in [0.05, 0.1) is 196 Å². The zero-order valence-electron chi connectivity index (χ0n) is 96.0. The van der Waals surface area contributed by atoms with Crippen molar-refractivity contribution in [2.45, 2.75) is 299 Å². The van der Waals surface area contributed by atoms with E-state index in [2.05, 4.69) is 107 Å². The highest BCUT2D eigenvalue weighted by molar-refractivity contribution is 8.93. The van der Waals surface area contributed by atoms with E-state index in [1.165, 1.54) is 33.3 Å². The normalized spacial score (nSPS) is 13.7. The molecule has 0 aliphatic rings. The molecule has 139 heavy (non-hydrogen) atoms. The number of benzene rings is 1. The predicted octanol–water partition coefficient (Wildman–Crippen LogP) is 8.15. The summed E-state index contributed by atoms with van der Waals surface area (Å²) < 4.78 is 70.9. The van der Waals surface area contributed by atoms with E-state index >= 15 is 0 Å². The van der Waals surface area contributed by atoms with Crippen LogP contribution in [0.5, 0.6) is 0 Å². The van der Waals surface area contributed by atoms with Crippen molar-refractivity contribution in [3.8, 4) is 0 Å².